The normalized spacial score (nSPS) is 11.1. The molecule has 0 aliphatic heterocycles. The summed E-state index contributed by atoms with van der Waals surface area (Å²) in [6.07, 6.45) is 0. The average molecular weight is 330 g/mol. The molecule has 0 spiro atoms. The van der Waals surface area contributed by atoms with Crippen molar-refractivity contribution in [1.29, 1.82) is 0 Å². The van der Waals surface area contributed by atoms with Crippen LogP contribution in [-0.4, -0.2) is 9.55 Å². The molecule has 0 aliphatic rings. The second kappa shape index (κ2) is 4.84. The van der Waals surface area contributed by atoms with E-state index in [0.29, 0.717) is 19.8 Å². The van der Waals surface area contributed by atoms with Crippen molar-refractivity contribution in [1.82, 2.24) is 9.55 Å². The smallest absolute Gasteiger partial charge is 0.182 e. The van der Waals surface area contributed by atoms with E-state index in [9.17, 15) is 0 Å². The lowest BCUT2D eigenvalue weighted by atomic mass is 10.3. The molecule has 0 radical (unpaired) electrons. The molecule has 2 aromatic carbocycles. The Balaban J connectivity index is 2.40. The van der Waals surface area contributed by atoms with Crippen LogP contribution in [0.5, 0.6) is 0 Å². The number of imidazole rings is 1. The molecule has 1 aromatic heterocycles. The first-order valence-corrected chi connectivity index (χ1v) is 6.97. The number of halogens is 3. The molecule has 0 fully saturated rings. The van der Waals surface area contributed by atoms with Crippen molar-refractivity contribution in [3.8, 4) is 5.69 Å². The summed E-state index contributed by atoms with van der Waals surface area (Å²) in [5.74, 6) is 0. The Morgan fingerprint density at radius 1 is 1.00 bits per heavy atom. The number of H-pyrrole nitrogens is 1. The van der Waals surface area contributed by atoms with Crippen molar-refractivity contribution >= 4 is 58.1 Å². The fourth-order valence-corrected chi connectivity index (χ4v) is 3.01. The Hall–Kier alpha value is -1.000. The zero-order valence-corrected chi connectivity index (χ0v) is 12.5. The van der Waals surface area contributed by atoms with Gasteiger partial charge < -0.3 is 4.98 Å². The highest BCUT2D eigenvalue weighted by Gasteiger charge is 2.11. The van der Waals surface area contributed by atoms with Crippen molar-refractivity contribution in [2.45, 2.75) is 0 Å². The van der Waals surface area contributed by atoms with Crippen molar-refractivity contribution in [3.05, 3.63) is 56.2 Å². The summed E-state index contributed by atoms with van der Waals surface area (Å²) in [7, 11) is 0. The van der Waals surface area contributed by atoms with Gasteiger partial charge in [-0.05, 0) is 42.5 Å². The quantitative estimate of drug-likeness (QED) is 0.572. The molecule has 0 aliphatic carbocycles. The molecule has 0 atom stereocenters. The third kappa shape index (κ3) is 2.17. The number of para-hydroxylation sites is 1. The van der Waals surface area contributed by atoms with Gasteiger partial charge >= 0.3 is 0 Å². The van der Waals surface area contributed by atoms with Crippen LogP contribution in [0.15, 0.2) is 36.4 Å². The molecule has 0 amide bonds. The minimum atomic E-state index is 0.532. The molecule has 0 bridgehead atoms. The van der Waals surface area contributed by atoms with Crippen LogP contribution in [0.1, 0.15) is 0 Å². The topological polar surface area (TPSA) is 20.7 Å². The van der Waals surface area contributed by atoms with E-state index >= 15 is 0 Å². The molecule has 19 heavy (non-hydrogen) atoms. The number of benzene rings is 2. The summed E-state index contributed by atoms with van der Waals surface area (Å²) in [5, 5.41) is 1.73. The number of hydrogen-bond acceptors (Lipinski definition) is 1. The Kier molecular flexibility index (Phi) is 3.31. The van der Waals surface area contributed by atoms with Crippen LogP contribution >= 0.6 is 47.0 Å². The molecule has 0 unspecified atom stereocenters. The van der Waals surface area contributed by atoms with Gasteiger partial charge in [0.05, 0.1) is 26.8 Å². The van der Waals surface area contributed by atoms with E-state index in [1.807, 2.05) is 28.8 Å². The Morgan fingerprint density at radius 2 is 1.79 bits per heavy atom. The Bertz CT molecular complexity index is 836. The summed E-state index contributed by atoms with van der Waals surface area (Å²) in [6, 6.07) is 10.9. The fraction of sp³-hybridized carbons (Fsp3) is 0. The van der Waals surface area contributed by atoms with Crippen LogP contribution < -0.4 is 0 Å². The summed E-state index contributed by atoms with van der Waals surface area (Å²) < 4.78 is 2.38. The molecular weight excluding hydrogens is 323 g/mol. The zero-order chi connectivity index (χ0) is 13.6. The first-order valence-electron chi connectivity index (χ1n) is 5.42. The summed E-state index contributed by atoms with van der Waals surface area (Å²) in [5.41, 5.74) is 2.44. The SMILES string of the molecule is S=c1[nH]c2c(Cl)cccc2n1-c1ccc(Cl)cc1Cl. The van der Waals surface area contributed by atoms with Crippen LogP contribution in [0.3, 0.4) is 0 Å². The van der Waals surface area contributed by atoms with Crippen molar-refractivity contribution < 1.29 is 0 Å². The predicted molar refractivity (Wildman–Crippen MR) is 83.5 cm³/mol. The fourth-order valence-electron chi connectivity index (χ4n) is 2.00. The molecule has 0 saturated heterocycles. The highest BCUT2D eigenvalue weighted by molar-refractivity contribution is 7.71. The largest absolute Gasteiger partial charge is 0.329 e. The number of fused-ring (bicyclic) bond motifs is 1. The van der Waals surface area contributed by atoms with Crippen LogP contribution in [-0.2, 0) is 0 Å². The van der Waals surface area contributed by atoms with E-state index in [-0.39, 0.29) is 0 Å². The summed E-state index contributed by atoms with van der Waals surface area (Å²) >= 11 is 23.6. The number of nitrogens with one attached hydrogen (secondary N) is 1. The van der Waals surface area contributed by atoms with Crippen molar-refractivity contribution in [2.24, 2.45) is 0 Å². The van der Waals surface area contributed by atoms with E-state index in [0.717, 1.165) is 16.7 Å². The maximum atomic E-state index is 6.23. The molecule has 3 aromatic rings. The highest BCUT2D eigenvalue weighted by Crippen LogP contribution is 2.30. The van der Waals surface area contributed by atoms with Gasteiger partial charge in [0.15, 0.2) is 4.77 Å². The summed E-state index contributed by atoms with van der Waals surface area (Å²) in [4.78, 5) is 3.09. The highest BCUT2D eigenvalue weighted by atomic mass is 35.5. The number of hydrogen-bond donors (Lipinski definition) is 1. The Morgan fingerprint density at radius 3 is 2.53 bits per heavy atom. The maximum Gasteiger partial charge on any atom is 0.182 e. The number of nitrogens with zero attached hydrogens (tertiary/aromatic N) is 1. The molecule has 1 N–H and O–H groups in total. The lowest BCUT2D eigenvalue weighted by Gasteiger charge is -2.07. The Labute approximate surface area is 129 Å². The van der Waals surface area contributed by atoms with E-state index in [2.05, 4.69) is 4.98 Å². The average Bonchev–Trinajstić information content (AvgIpc) is 2.68. The monoisotopic (exact) mass is 328 g/mol. The first-order chi connectivity index (χ1) is 9.08. The van der Waals surface area contributed by atoms with Gasteiger partial charge in [0.25, 0.3) is 0 Å². The number of aromatic nitrogens is 2. The first kappa shape index (κ1) is 13.0. The van der Waals surface area contributed by atoms with E-state index in [4.69, 9.17) is 47.0 Å². The van der Waals surface area contributed by atoms with Gasteiger partial charge in [0.1, 0.15) is 0 Å². The van der Waals surface area contributed by atoms with Crippen molar-refractivity contribution in [2.75, 3.05) is 0 Å². The van der Waals surface area contributed by atoms with E-state index in [1.165, 1.54) is 0 Å². The molecular formula is C13H7Cl3N2S. The standard InChI is InChI=1S/C13H7Cl3N2S/c14-7-4-5-10(9(16)6-7)18-11-3-1-2-8(15)12(11)17-13(18)19/h1-6H,(H,17,19). The van der Waals surface area contributed by atoms with Gasteiger partial charge in [-0.1, -0.05) is 40.9 Å². The lowest BCUT2D eigenvalue weighted by molar-refractivity contribution is 1.07. The third-order valence-corrected chi connectivity index (χ3v) is 3.96. The van der Waals surface area contributed by atoms with Gasteiger partial charge in [-0.3, -0.25) is 4.57 Å². The second-order valence-corrected chi connectivity index (χ2v) is 5.63. The molecule has 0 saturated carbocycles. The third-order valence-electron chi connectivity index (χ3n) is 2.82. The number of aromatic amines is 1. The van der Waals surface area contributed by atoms with Crippen LogP contribution in [0, 0.1) is 4.77 Å². The van der Waals surface area contributed by atoms with Gasteiger partial charge in [-0.25, -0.2) is 0 Å². The molecule has 1 heterocycles. The molecule has 96 valence electrons. The van der Waals surface area contributed by atoms with Crippen LogP contribution in [0.2, 0.25) is 15.1 Å². The van der Waals surface area contributed by atoms with E-state index < -0.39 is 0 Å². The minimum absolute atomic E-state index is 0.532. The van der Waals surface area contributed by atoms with Gasteiger partial charge in [0, 0.05) is 5.02 Å². The molecule has 6 heteroatoms. The summed E-state index contributed by atoms with van der Waals surface area (Å²) in [6.45, 7) is 0. The van der Waals surface area contributed by atoms with Crippen molar-refractivity contribution in [3.63, 3.8) is 0 Å². The van der Waals surface area contributed by atoms with Gasteiger partial charge in [-0.15, -0.1) is 0 Å². The van der Waals surface area contributed by atoms with E-state index in [1.54, 1.807) is 12.1 Å². The second-order valence-electron chi connectivity index (χ2n) is 4.00. The molecule has 2 nitrogen and oxygen atoms in total. The predicted octanol–water partition coefficient (Wildman–Crippen LogP) is 5.65. The molecule has 3 rings (SSSR count). The van der Waals surface area contributed by atoms with Gasteiger partial charge in [-0.2, -0.15) is 0 Å². The maximum absolute atomic E-state index is 6.23. The van der Waals surface area contributed by atoms with Crippen LogP contribution in [0.4, 0.5) is 0 Å². The minimum Gasteiger partial charge on any atom is -0.329 e. The van der Waals surface area contributed by atoms with Gasteiger partial charge in [0.2, 0.25) is 0 Å². The van der Waals surface area contributed by atoms with Crippen LogP contribution in [0.25, 0.3) is 16.7 Å². The lowest BCUT2D eigenvalue weighted by Crippen LogP contribution is -1.94. The number of rotatable bonds is 1. The zero-order valence-electron chi connectivity index (χ0n) is 9.45.